The molecule has 0 aliphatic heterocycles. The van der Waals surface area contributed by atoms with Gasteiger partial charge in [0.15, 0.2) is 0 Å². The fourth-order valence-corrected chi connectivity index (χ4v) is 2.33. The highest BCUT2D eigenvalue weighted by Crippen LogP contribution is 2.22. The molecule has 0 amide bonds. The fraction of sp³-hybridized carbons (Fsp3) is 0.211. The zero-order chi connectivity index (χ0) is 17.5. The van der Waals surface area contributed by atoms with Crippen LogP contribution in [0.1, 0.15) is 12.6 Å². The summed E-state index contributed by atoms with van der Waals surface area (Å²) in [6, 6.07) is 18.1. The second-order valence-electron chi connectivity index (χ2n) is 5.49. The molecule has 2 aromatic carbocycles. The van der Waals surface area contributed by atoms with Crippen molar-refractivity contribution in [1.82, 2.24) is 15.0 Å². The third kappa shape index (κ3) is 4.91. The lowest BCUT2D eigenvalue weighted by molar-refractivity contribution is -0.141. The van der Waals surface area contributed by atoms with E-state index < -0.39 is 0 Å². The largest absolute Gasteiger partial charge is 0.487 e. The lowest BCUT2D eigenvalue weighted by Crippen LogP contribution is -2.09. The van der Waals surface area contributed by atoms with Crippen LogP contribution in [0.3, 0.4) is 0 Å². The Labute approximate surface area is 146 Å². The van der Waals surface area contributed by atoms with Gasteiger partial charge in [-0.3, -0.25) is 4.79 Å². The van der Waals surface area contributed by atoms with Gasteiger partial charge in [0, 0.05) is 6.92 Å². The van der Waals surface area contributed by atoms with E-state index in [2.05, 4.69) is 22.4 Å². The van der Waals surface area contributed by atoms with Crippen molar-refractivity contribution in [3.63, 3.8) is 0 Å². The minimum absolute atomic E-state index is 0.278. The average molecular weight is 337 g/mol. The van der Waals surface area contributed by atoms with Crippen LogP contribution in [-0.4, -0.2) is 27.6 Å². The van der Waals surface area contributed by atoms with Gasteiger partial charge in [-0.25, -0.2) is 4.68 Å². The quantitative estimate of drug-likeness (QED) is 0.620. The zero-order valence-electron chi connectivity index (χ0n) is 14.0. The van der Waals surface area contributed by atoms with Gasteiger partial charge in [0.1, 0.15) is 24.7 Å². The molecule has 0 N–H and O–H groups in total. The van der Waals surface area contributed by atoms with Crippen LogP contribution in [0, 0.1) is 0 Å². The summed E-state index contributed by atoms with van der Waals surface area (Å²) in [7, 11) is 0. The van der Waals surface area contributed by atoms with Crippen molar-refractivity contribution in [2.45, 2.75) is 20.1 Å². The molecule has 25 heavy (non-hydrogen) atoms. The highest BCUT2D eigenvalue weighted by atomic mass is 16.5. The Balaban J connectivity index is 1.52. The van der Waals surface area contributed by atoms with Gasteiger partial charge in [0.2, 0.25) is 0 Å². The van der Waals surface area contributed by atoms with Crippen molar-refractivity contribution in [3.8, 4) is 16.9 Å². The van der Waals surface area contributed by atoms with E-state index in [4.69, 9.17) is 9.47 Å². The smallest absolute Gasteiger partial charge is 0.302 e. The van der Waals surface area contributed by atoms with Gasteiger partial charge in [0.05, 0.1) is 12.7 Å². The summed E-state index contributed by atoms with van der Waals surface area (Å²) in [5.41, 5.74) is 3.03. The number of ether oxygens (including phenoxy) is 2. The molecule has 0 spiro atoms. The fourth-order valence-electron chi connectivity index (χ4n) is 2.33. The van der Waals surface area contributed by atoms with Crippen LogP contribution in [0.2, 0.25) is 0 Å². The maximum Gasteiger partial charge on any atom is 0.302 e. The number of carbonyl (C=O) groups excluding carboxylic acids is 1. The van der Waals surface area contributed by atoms with Crippen molar-refractivity contribution in [1.29, 1.82) is 0 Å². The van der Waals surface area contributed by atoms with Crippen molar-refractivity contribution in [2.75, 3.05) is 6.61 Å². The van der Waals surface area contributed by atoms with Crippen molar-refractivity contribution >= 4 is 5.97 Å². The van der Waals surface area contributed by atoms with Crippen LogP contribution >= 0.6 is 0 Å². The molecule has 128 valence electrons. The van der Waals surface area contributed by atoms with Crippen LogP contribution in [0.5, 0.6) is 5.75 Å². The van der Waals surface area contributed by atoms with Gasteiger partial charge in [-0.1, -0.05) is 47.7 Å². The molecule has 3 rings (SSSR count). The Morgan fingerprint density at radius 3 is 2.48 bits per heavy atom. The van der Waals surface area contributed by atoms with E-state index in [1.54, 1.807) is 10.9 Å². The first-order chi connectivity index (χ1) is 12.2. The summed E-state index contributed by atoms with van der Waals surface area (Å²) in [5, 5.41) is 8.02. The van der Waals surface area contributed by atoms with Crippen LogP contribution in [-0.2, 0) is 22.7 Å². The SMILES string of the molecule is CC(=O)OCCn1cc(COc2ccc(-c3ccccc3)cc2)nn1. The molecule has 0 aliphatic carbocycles. The Morgan fingerprint density at radius 2 is 1.76 bits per heavy atom. The highest BCUT2D eigenvalue weighted by Gasteiger charge is 2.04. The molecular weight excluding hydrogens is 318 g/mol. The number of aromatic nitrogens is 3. The van der Waals surface area contributed by atoms with Crippen LogP contribution in [0.15, 0.2) is 60.8 Å². The number of benzene rings is 2. The Kier molecular flexibility index (Phi) is 5.41. The standard InChI is InChI=1S/C19H19N3O3/c1-15(23)24-12-11-22-13-18(20-21-22)14-25-19-9-7-17(8-10-19)16-5-3-2-4-6-16/h2-10,13H,11-12,14H2,1H3. The lowest BCUT2D eigenvalue weighted by atomic mass is 10.1. The molecule has 0 aliphatic rings. The molecule has 6 nitrogen and oxygen atoms in total. The molecular formula is C19H19N3O3. The highest BCUT2D eigenvalue weighted by molar-refractivity contribution is 5.65. The lowest BCUT2D eigenvalue weighted by Gasteiger charge is -2.06. The van der Waals surface area contributed by atoms with Crippen molar-refractivity contribution < 1.29 is 14.3 Å². The summed E-state index contributed by atoms with van der Waals surface area (Å²) in [4.78, 5) is 10.7. The first-order valence-electron chi connectivity index (χ1n) is 8.01. The predicted molar refractivity (Wildman–Crippen MR) is 92.9 cm³/mol. The average Bonchev–Trinajstić information content (AvgIpc) is 3.09. The third-order valence-corrected chi connectivity index (χ3v) is 3.56. The van der Waals surface area contributed by atoms with Crippen LogP contribution in [0.4, 0.5) is 0 Å². The van der Waals surface area contributed by atoms with Gasteiger partial charge >= 0.3 is 5.97 Å². The molecule has 1 heterocycles. The number of hydrogen-bond acceptors (Lipinski definition) is 5. The summed E-state index contributed by atoms with van der Waals surface area (Å²) < 4.78 is 12.2. The molecule has 0 radical (unpaired) electrons. The number of rotatable bonds is 7. The molecule has 0 bridgehead atoms. The molecule has 3 aromatic rings. The molecule has 1 aromatic heterocycles. The number of hydrogen-bond donors (Lipinski definition) is 0. The number of nitrogens with zero attached hydrogens (tertiary/aromatic N) is 3. The van der Waals surface area contributed by atoms with Gasteiger partial charge in [0.25, 0.3) is 0 Å². The molecule has 0 unspecified atom stereocenters. The van der Waals surface area contributed by atoms with Gasteiger partial charge in [-0.2, -0.15) is 0 Å². The van der Waals surface area contributed by atoms with Crippen LogP contribution in [0.25, 0.3) is 11.1 Å². The topological polar surface area (TPSA) is 66.2 Å². The second-order valence-corrected chi connectivity index (χ2v) is 5.49. The van der Waals surface area contributed by atoms with Gasteiger partial charge in [-0.15, -0.1) is 5.10 Å². The summed E-state index contributed by atoms with van der Waals surface area (Å²) in [6.07, 6.45) is 1.78. The van der Waals surface area contributed by atoms with Gasteiger partial charge in [-0.05, 0) is 23.3 Å². The second kappa shape index (κ2) is 8.10. The van der Waals surface area contributed by atoms with Crippen molar-refractivity contribution in [2.24, 2.45) is 0 Å². The zero-order valence-corrected chi connectivity index (χ0v) is 14.0. The Morgan fingerprint density at radius 1 is 1.04 bits per heavy atom. The van der Waals surface area contributed by atoms with E-state index in [1.165, 1.54) is 12.5 Å². The molecule has 0 saturated carbocycles. The first kappa shape index (κ1) is 16.7. The maximum absolute atomic E-state index is 10.7. The van der Waals surface area contributed by atoms with E-state index in [0.717, 1.165) is 17.0 Å². The molecule has 0 saturated heterocycles. The third-order valence-electron chi connectivity index (χ3n) is 3.56. The summed E-state index contributed by atoms with van der Waals surface area (Å²) >= 11 is 0. The van der Waals surface area contributed by atoms with E-state index in [1.807, 2.05) is 42.5 Å². The van der Waals surface area contributed by atoms with E-state index >= 15 is 0 Å². The van der Waals surface area contributed by atoms with Crippen LogP contribution < -0.4 is 4.74 Å². The van der Waals surface area contributed by atoms with Crippen molar-refractivity contribution in [3.05, 3.63) is 66.5 Å². The van der Waals surface area contributed by atoms with E-state index in [9.17, 15) is 4.79 Å². The first-order valence-corrected chi connectivity index (χ1v) is 8.01. The molecule has 6 heteroatoms. The Hall–Kier alpha value is -3.15. The van der Waals surface area contributed by atoms with E-state index in [-0.39, 0.29) is 12.6 Å². The predicted octanol–water partition coefficient (Wildman–Crippen LogP) is 3.09. The molecule has 0 atom stereocenters. The monoisotopic (exact) mass is 337 g/mol. The van der Waals surface area contributed by atoms with Gasteiger partial charge < -0.3 is 9.47 Å². The molecule has 0 fully saturated rings. The normalized spacial score (nSPS) is 10.4. The Bertz CT molecular complexity index is 813. The maximum atomic E-state index is 10.7. The number of carbonyl (C=O) groups is 1. The number of esters is 1. The summed E-state index contributed by atoms with van der Waals surface area (Å²) in [6.45, 7) is 2.46. The summed E-state index contributed by atoms with van der Waals surface area (Å²) in [5.74, 6) is 0.469. The minimum atomic E-state index is -0.303. The minimum Gasteiger partial charge on any atom is -0.487 e. The van der Waals surface area contributed by atoms with E-state index in [0.29, 0.717) is 13.2 Å².